The molecule has 0 aromatic carbocycles. The summed E-state index contributed by atoms with van der Waals surface area (Å²) in [6.07, 6.45) is 5.38. The van der Waals surface area contributed by atoms with E-state index in [0.717, 1.165) is 31.6 Å². The Morgan fingerprint density at radius 2 is 2.29 bits per heavy atom. The topological polar surface area (TPSA) is 47.3 Å². The summed E-state index contributed by atoms with van der Waals surface area (Å²) < 4.78 is 5.60. The number of allylic oxidation sites excluding steroid dienone is 1. The van der Waals surface area contributed by atoms with Gasteiger partial charge < -0.3 is 4.74 Å². The average Bonchev–Trinajstić information content (AvgIpc) is 2.14. The molecule has 1 heterocycles. The van der Waals surface area contributed by atoms with Crippen molar-refractivity contribution in [2.45, 2.75) is 46.1 Å². The van der Waals surface area contributed by atoms with Crippen LogP contribution < -0.4 is 11.3 Å². The summed E-state index contributed by atoms with van der Waals surface area (Å²) in [4.78, 5) is 0. The highest BCUT2D eigenvalue weighted by molar-refractivity contribution is 5.05. The van der Waals surface area contributed by atoms with Crippen LogP contribution in [0, 0.1) is 5.41 Å². The quantitative estimate of drug-likeness (QED) is 0.538. The molecule has 0 aromatic rings. The standard InChI is InChI=1S/C11H22N2O/c1-11(2,3)8-9(13-12)10-6-4-5-7-14-10/h6,9,13H,4-5,7-8,12H2,1-3H3. The van der Waals surface area contributed by atoms with Gasteiger partial charge in [0.1, 0.15) is 5.76 Å². The van der Waals surface area contributed by atoms with Crippen LogP contribution in [-0.2, 0) is 4.74 Å². The van der Waals surface area contributed by atoms with Gasteiger partial charge in [-0.15, -0.1) is 0 Å². The van der Waals surface area contributed by atoms with Crippen molar-refractivity contribution >= 4 is 0 Å². The Morgan fingerprint density at radius 3 is 2.71 bits per heavy atom. The van der Waals surface area contributed by atoms with Crippen LogP contribution >= 0.6 is 0 Å². The summed E-state index contributed by atoms with van der Waals surface area (Å²) in [6.45, 7) is 7.45. The molecule has 3 N–H and O–H groups in total. The summed E-state index contributed by atoms with van der Waals surface area (Å²) in [5.74, 6) is 6.56. The molecule has 0 spiro atoms. The van der Waals surface area contributed by atoms with Crippen LogP contribution in [0.3, 0.4) is 0 Å². The first-order chi connectivity index (χ1) is 6.53. The second kappa shape index (κ2) is 4.80. The third-order valence-electron chi connectivity index (χ3n) is 2.32. The molecule has 0 bridgehead atoms. The van der Waals surface area contributed by atoms with Gasteiger partial charge in [0.05, 0.1) is 12.6 Å². The molecule has 82 valence electrons. The third kappa shape index (κ3) is 3.68. The van der Waals surface area contributed by atoms with Crippen molar-refractivity contribution in [1.82, 2.24) is 5.43 Å². The van der Waals surface area contributed by atoms with E-state index in [0.29, 0.717) is 0 Å². The zero-order chi connectivity index (χ0) is 10.6. The van der Waals surface area contributed by atoms with Gasteiger partial charge in [-0.3, -0.25) is 5.84 Å². The van der Waals surface area contributed by atoms with Crippen molar-refractivity contribution in [2.75, 3.05) is 6.61 Å². The molecule has 1 aliphatic rings. The molecule has 0 amide bonds. The Kier molecular flexibility index (Phi) is 3.96. The molecular formula is C11H22N2O. The summed E-state index contributed by atoms with van der Waals surface area (Å²) in [5, 5.41) is 0. The molecule has 1 atom stereocenters. The lowest BCUT2D eigenvalue weighted by molar-refractivity contribution is 0.153. The van der Waals surface area contributed by atoms with Crippen molar-refractivity contribution in [3.05, 3.63) is 11.8 Å². The maximum atomic E-state index is 5.60. The van der Waals surface area contributed by atoms with Gasteiger partial charge in [-0.1, -0.05) is 20.8 Å². The predicted molar refractivity (Wildman–Crippen MR) is 58.5 cm³/mol. The van der Waals surface area contributed by atoms with Crippen LogP contribution in [0.4, 0.5) is 0 Å². The van der Waals surface area contributed by atoms with Crippen LogP contribution in [-0.4, -0.2) is 12.6 Å². The number of nitrogens with one attached hydrogen (secondary N) is 1. The molecule has 0 fully saturated rings. The average molecular weight is 198 g/mol. The SMILES string of the molecule is CC(C)(C)CC(NN)C1=CCCCO1. The maximum Gasteiger partial charge on any atom is 0.110 e. The van der Waals surface area contributed by atoms with Crippen LogP contribution in [0.25, 0.3) is 0 Å². The van der Waals surface area contributed by atoms with E-state index in [1.54, 1.807) is 0 Å². The van der Waals surface area contributed by atoms with Gasteiger partial charge in [0.25, 0.3) is 0 Å². The Hall–Kier alpha value is -0.540. The maximum absolute atomic E-state index is 5.60. The molecule has 1 rings (SSSR count). The molecule has 0 aliphatic carbocycles. The number of ether oxygens (including phenoxy) is 1. The highest BCUT2D eigenvalue weighted by Crippen LogP contribution is 2.25. The fourth-order valence-electron chi connectivity index (χ4n) is 1.67. The second-order valence-electron chi connectivity index (χ2n) is 5.08. The largest absolute Gasteiger partial charge is 0.497 e. The molecule has 0 saturated carbocycles. The van der Waals surface area contributed by atoms with E-state index in [-0.39, 0.29) is 11.5 Å². The van der Waals surface area contributed by atoms with Gasteiger partial charge in [0.15, 0.2) is 0 Å². The Balaban J connectivity index is 2.57. The van der Waals surface area contributed by atoms with E-state index in [1.807, 2.05) is 0 Å². The van der Waals surface area contributed by atoms with E-state index < -0.39 is 0 Å². The normalized spacial score (nSPS) is 19.9. The van der Waals surface area contributed by atoms with E-state index in [2.05, 4.69) is 32.3 Å². The number of hydrazine groups is 1. The highest BCUT2D eigenvalue weighted by Gasteiger charge is 2.22. The molecule has 14 heavy (non-hydrogen) atoms. The molecule has 1 aliphatic heterocycles. The van der Waals surface area contributed by atoms with Gasteiger partial charge >= 0.3 is 0 Å². The third-order valence-corrected chi connectivity index (χ3v) is 2.32. The van der Waals surface area contributed by atoms with Gasteiger partial charge in [0, 0.05) is 0 Å². The number of rotatable bonds is 3. The second-order valence-corrected chi connectivity index (χ2v) is 5.08. The molecule has 3 nitrogen and oxygen atoms in total. The lowest BCUT2D eigenvalue weighted by Crippen LogP contribution is -2.40. The fourth-order valence-corrected chi connectivity index (χ4v) is 1.67. The smallest absolute Gasteiger partial charge is 0.110 e. The molecule has 0 aromatic heterocycles. The van der Waals surface area contributed by atoms with Crippen LogP contribution in [0.5, 0.6) is 0 Å². The lowest BCUT2D eigenvalue weighted by Gasteiger charge is -2.28. The minimum absolute atomic E-state index is 0.162. The lowest BCUT2D eigenvalue weighted by atomic mass is 9.87. The molecule has 3 heteroatoms. The monoisotopic (exact) mass is 198 g/mol. The van der Waals surface area contributed by atoms with Crippen LogP contribution in [0.2, 0.25) is 0 Å². The van der Waals surface area contributed by atoms with Crippen LogP contribution in [0.15, 0.2) is 11.8 Å². The van der Waals surface area contributed by atoms with Crippen molar-refractivity contribution in [3.63, 3.8) is 0 Å². The Labute approximate surface area is 86.7 Å². The van der Waals surface area contributed by atoms with Crippen LogP contribution in [0.1, 0.15) is 40.0 Å². The van der Waals surface area contributed by atoms with Crippen molar-refractivity contribution in [1.29, 1.82) is 0 Å². The van der Waals surface area contributed by atoms with E-state index >= 15 is 0 Å². The molecule has 0 saturated heterocycles. The molecule has 0 radical (unpaired) electrons. The zero-order valence-electron chi connectivity index (χ0n) is 9.47. The highest BCUT2D eigenvalue weighted by atomic mass is 16.5. The Morgan fingerprint density at radius 1 is 1.57 bits per heavy atom. The van der Waals surface area contributed by atoms with E-state index in [1.165, 1.54) is 0 Å². The Bertz CT molecular complexity index is 206. The summed E-state index contributed by atoms with van der Waals surface area (Å²) in [5.41, 5.74) is 3.10. The summed E-state index contributed by atoms with van der Waals surface area (Å²) in [7, 11) is 0. The van der Waals surface area contributed by atoms with Crippen molar-refractivity contribution < 1.29 is 4.74 Å². The summed E-state index contributed by atoms with van der Waals surface area (Å²) >= 11 is 0. The van der Waals surface area contributed by atoms with Gasteiger partial charge in [-0.25, -0.2) is 5.43 Å². The fraction of sp³-hybridized carbons (Fsp3) is 0.818. The number of hydrogen-bond acceptors (Lipinski definition) is 3. The minimum atomic E-state index is 0.162. The first-order valence-electron chi connectivity index (χ1n) is 5.32. The minimum Gasteiger partial charge on any atom is -0.497 e. The number of hydrogen-bond donors (Lipinski definition) is 2. The zero-order valence-corrected chi connectivity index (χ0v) is 9.47. The molecule has 1 unspecified atom stereocenters. The summed E-state index contributed by atoms with van der Waals surface area (Å²) in [6, 6.07) is 0.162. The van der Waals surface area contributed by atoms with Crippen molar-refractivity contribution in [2.24, 2.45) is 11.3 Å². The van der Waals surface area contributed by atoms with E-state index in [9.17, 15) is 0 Å². The number of nitrogens with two attached hydrogens (primary N) is 1. The van der Waals surface area contributed by atoms with Gasteiger partial charge in [-0.05, 0) is 30.8 Å². The van der Waals surface area contributed by atoms with Gasteiger partial charge in [0.2, 0.25) is 0 Å². The van der Waals surface area contributed by atoms with E-state index in [4.69, 9.17) is 10.6 Å². The first-order valence-corrected chi connectivity index (χ1v) is 5.32. The van der Waals surface area contributed by atoms with Crippen molar-refractivity contribution in [3.8, 4) is 0 Å². The molecular weight excluding hydrogens is 176 g/mol. The predicted octanol–water partition coefficient (Wildman–Crippen LogP) is 1.95. The first kappa shape index (κ1) is 11.5. The van der Waals surface area contributed by atoms with Gasteiger partial charge in [-0.2, -0.15) is 0 Å².